The summed E-state index contributed by atoms with van der Waals surface area (Å²) in [4.78, 5) is 26.4. The predicted molar refractivity (Wildman–Crippen MR) is 123 cm³/mol. The van der Waals surface area contributed by atoms with Gasteiger partial charge >= 0.3 is 0 Å². The number of fused-ring (bicyclic) bond motifs is 1. The molecule has 11 heteroatoms. The Balaban J connectivity index is 1.49. The lowest BCUT2D eigenvalue weighted by atomic mass is 10.1. The van der Waals surface area contributed by atoms with Crippen LogP contribution in [-0.2, 0) is 4.74 Å². The van der Waals surface area contributed by atoms with Crippen LogP contribution in [0.1, 0.15) is 35.7 Å². The van der Waals surface area contributed by atoms with Crippen molar-refractivity contribution in [2.75, 3.05) is 44.0 Å². The van der Waals surface area contributed by atoms with Crippen molar-refractivity contribution in [3.63, 3.8) is 0 Å². The van der Waals surface area contributed by atoms with Crippen LogP contribution in [0.2, 0.25) is 0 Å². The first-order valence-corrected chi connectivity index (χ1v) is 11.0. The lowest BCUT2D eigenvalue weighted by molar-refractivity contribution is 0.0299. The Morgan fingerprint density at radius 3 is 2.76 bits per heavy atom. The number of morpholine rings is 1. The molecule has 176 valence electrons. The molecule has 1 amide bonds. The molecule has 1 aromatic carbocycles. The number of halogens is 1. The second kappa shape index (κ2) is 8.46. The minimum atomic E-state index is -0.684. The summed E-state index contributed by atoms with van der Waals surface area (Å²) < 4.78 is 25.7. The van der Waals surface area contributed by atoms with E-state index in [9.17, 15) is 10.1 Å². The summed E-state index contributed by atoms with van der Waals surface area (Å²) in [6, 6.07) is 4.73. The van der Waals surface area contributed by atoms with Crippen LogP contribution in [-0.4, -0.2) is 64.7 Å². The van der Waals surface area contributed by atoms with Crippen LogP contribution in [0.15, 0.2) is 18.3 Å². The summed E-state index contributed by atoms with van der Waals surface area (Å²) in [6.07, 6.45) is 3.56. The van der Waals surface area contributed by atoms with E-state index in [-0.39, 0.29) is 28.5 Å². The lowest BCUT2D eigenvalue weighted by Gasteiger charge is -2.27. The van der Waals surface area contributed by atoms with Gasteiger partial charge in [0.1, 0.15) is 29.1 Å². The van der Waals surface area contributed by atoms with E-state index >= 15 is 4.39 Å². The molecule has 0 bridgehead atoms. The molecule has 0 radical (unpaired) electrons. The van der Waals surface area contributed by atoms with Gasteiger partial charge in [-0.15, -0.1) is 0 Å². The van der Waals surface area contributed by atoms with Gasteiger partial charge < -0.3 is 30.0 Å². The normalized spacial score (nSPS) is 16.7. The molecule has 5 rings (SSSR count). The van der Waals surface area contributed by atoms with Gasteiger partial charge in [0.15, 0.2) is 0 Å². The van der Waals surface area contributed by atoms with E-state index in [0.29, 0.717) is 48.7 Å². The number of methoxy groups -OCH3 is 1. The smallest absolute Gasteiger partial charge is 0.257 e. The van der Waals surface area contributed by atoms with Gasteiger partial charge in [0.05, 0.1) is 42.5 Å². The Morgan fingerprint density at radius 1 is 1.32 bits per heavy atom. The maximum absolute atomic E-state index is 15.0. The molecule has 3 aromatic rings. The number of benzene rings is 1. The molecule has 10 nitrogen and oxygen atoms in total. The summed E-state index contributed by atoms with van der Waals surface area (Å²) in [6.45, 7) is 3.74. The average Bonchev–Trinajstić information content (AvgIpc) is 3.41. The van der Waals surface area contributed by atoms with Gasteiger partial charge in [-0.25, -0.2) is 4.39 Å². The van der Waals surface area contributed by atoms with Crippen LogP contribution in [0.3, 0.4) is 0 Å². The predicted octanol–water partition coefficient (Wildman–Crippen LogP) is 3.16. The van der Waals surface area contributed by atoms with Crippen molar-refractivity contribution in [1.29, 1.82) is 5.26 Å². The van der Waals surface area contributed by atoms with Crippen LogP contribution in [0.4, 0.5) is 21.8 Å². The third kappa shape index (κ3) is 4.08. The van der Waals surface area contributed by atoms with Gasteiger partial charge in [-0.1, -0.05) is 0 Å². The van der Waals surface area contributed by atoms with E-state index in [0.717, 1.165) is 12.8 Å². The topological polar surface area (TPSA) is 128 Å². The SMILES string of the molecule is COc1cc(C(=O)N2CCOCC2)c(F)cc1Nc1nc(NC2(C)CC2)c2c(C#N)c[nH]c2n1. The molecule has 0 spiro atoms. The third-order valence-corrected chi connectivity index (χ3v) is 6.14. The van der Waals surface area contributed by atoms with Gasteiger partial charge in [0, 0.05) is 30.9 Å². The van der Waals surface area contributed by atoms with E-state index in [1.165, 1.54) is 19.2 Å². The fourth-order valence-electron chi connectivity index (χ4n) is 3.91. The highest BCUT2D eigenvalue weighted by molar-refractivity contribution is 5.96. The van der Waals surface area contributed by atoms with Gasteiger partial charge in [-0.2, -0.15) is 15.2 Å². The number of carbonyl (C=O) groups excluding carboxylic acids is 1. The molecule has 0 unspecified atom stereocenters. The maximum atomic E-state index is 15.0. The Hall–Kier alpha value is -3.91. The van der Waals surface area contributed by atoms with Crippen molar-refractivity contribution in [1.82, 2.24) is 19.9 Å². The van der Waals surface area contributed by atoms with E-state index in [1.54, 1.807) is 11.1 Å². The van der Waals surface area contributed by atoms with Crippen LogP contribution in [0, 0.1) is 17.1 Å². The fraction of sp³-hybridized carbons (Fsp3) is 0.391. The highest BCUT2D eigenvalue weighted by atomic mass is 19.1. The minimum absolute atomic E-state index is 0.0762. The van der Waals surface area contributed by atoms with Crippen molar-refractivity contribution in [3.8, 4) is 11.8 Å². The second-order valence-electron chi connectivity index (χ2n) is 8.68. The number of nitrogens with one attached hydrogen (secondary N) is 3. The number of H-pyrrole nitrogens is 1. The Kier molecular flexibility index (Phi) is 5.45. The summed E-state index contributed by atoms with van der Waals surface area (Å²) in [7, 11) is 1.44. The average molecular weight is 465 g/mol. The van der Waals surface area contributed by atoms with Gasteiger partial charge in [-0.3, -0.25) is 4.79 Å². The molecule has 1 aliphatic heterocycles. The number of hydrogen-bond donors (Lipinski definition) is 3. The summed E-state index contributed by atoms with van der Waals surface area (Å²) in [5, 5.41) is 16.5. The van der Waals surface area contributed by atoms with Crippen molar-refractivity contribution in [3.05, 3.63) is 35.3 Å². The summed E-state index contributed by atoms with van der Waals surface area (Å²) in [5.74, 6) is -0.117. The number of amides is 1. The van der Waals surface area contributed by atoms with Crippen molar-refractivity contribution >= 4 is 34.4 Å². The van der Waals surface area contributed by atoms with Crippen LogP contribution in [0.5, 0.6) is 5.75 Å². The van der Waals surface area contributed by atoms with E-state index in [4.69, 9.17) is 9.47 Å². The number of carbonyl (C=O) groups is 1. The molecule has 3 heterocycles. The highest BCUT2D eigenvalue weighted by Gasteiger charge is 2.38. The quantitative estimate of drug-likeness (QED) is 0.507. The van der Waals surface area contributed by atoms with Gasteiger partial charge in [0.25, 0.3) is 5.91 Å². The van der Waals surface area contributed by atoms with E-state index in [1.807, 2.05) is 0 Å². The van der Waals surface area contributed by atoms with Crippen molar-refractivity contribution in [2.45, 2.75) is 25.3 Å². The zero-order valence-electron chi connectivity index (χ0n) is 18.9. The molecule has 0 atom stereocenters. The van der Waals surface area contributed by atoms with E-state index in [2.05, 4.69) is 38.6 Å². The second-order valence-corrected chi connectivity index (χ2v) is 8.68. The molecule has 34 heavy (non-hydrogen) atoms. The first-order chi connectivity index (χ1) is 16.4. The molecule has 1 saturated carbocycles. The van der Waals surface area contributed by atoms with Gasteiger partial charge in [-0.05, 0) is 25.8 Å². The molecule has 2 aliphatic rings. The number of hydrogen-bond acceptors (Lipinski definition) is 8. The number of rotatable bonds is 6. The van der Waals surface area contributed by atoms with Crippen LogP contribution < -0.4 is 15.4 Å². The zero-order valence-corrected chi connectivity index (χ0v) is 18.9. The minimum Gasteiger partial charge on any atom is -0.495 e. The van der Waals surface area contributed by atoms with Crippen molar-refractivity contribution < 1.29 is 18.7 Å². The monoisotopic (exact) mass is 465 g/mol. The van der Waals surface area contributed by atoms with Crippen LogP contribution >= 0.6 is 0 Å². The molecular formula is C23H24FN7O3. The molecule has 3 N–H and O–H groups in total. The number of aromatic amines is 1. The number of nitriles is 1. The number of anilines is 3. The highest BCUT2D eigenvalue weighted by Crippen LogP contribution is 2.40. The van der Waals surface area contributed by atoms with Crippen molar-refractivity contribution in [2.24, 2.45) is 0 Å². The molecule has 1 saturated heterocycles. The zero-order chi connectivity index (χ0) is 23.9. The Bertz CT molecular complexity index is 1310. The standard InChI is InChI=1S/C23H24FN7O3/c1-23(3-4-23)30-20-18-13(11-25)12-26-19(18)28-22(29-20)27-16-10-15(24)14(9-17(16)33-2)21(32)31-5-7-34-8-6-31/h9-10,12H,3-8H2,1-2H3,(H3,26,27,28,29,30). The summed E-state index contributed by atoms with van der Waals surface area (Å²) in [5.41, 5.74) is 1.01. The van der Waals surface area contributed by atoms with Crippen LogP contribution in [0.25, 0.3) is 11.0 Å². The third-order valence-electron chi connectivity index (χ3n) is 6.14. The van der Waals surface area contributed by atoms with Gasteiger partial charge in [0.2, 0.25) is 5.95 Å². The number of nitrogens with zero attached hydrogens (tertiary/aromatic N) is 4. The molecular weight excluding hydrogens is 441 g/mol. The Morgan fingerprint density at radius 2 is 2.09 bits per heavy atom. The number of ether oxygens (including phenoxy) is 2. The Labute approximate surface area is 195 Å². The fourth-order valence-corrected chi connectivity index (χ4v) is 3.91. The largest absolute Gasteiger partial charge is 0.495 e. The first-order valence-electron chi connectivity index (χ1n) is 11.0. The molecule has 2 aromatic heterocycles. The number of aromatic nitrogens is 3. The molecule has 2 fully saturated rings. The van der Waals surface area contributed by atoms with E-state index < -0.39 is 11.7 Å². The maximum Gasteiger partial charge on any atom is 0.257 e. The first kappa shape index (κ1) is 21.9. The summed E-state index contributed by atoms with van der Waals surface area (Å²) >= 11 is 0. The molecule has 1 aliphatic carbocycles. The lowest BCUT2D eigenvalue weighted by Crippen LogP contribution is -2.41.